The van der Waals surface area contributed by atoms with Crippen molar-refractivity contribution in [3.63, 3.8) is 0 Å². The Morgan fingerprint density at radius 2 is 1.78 bits per heavy atom. The first kappa shape index (κ1) is 16.1. The number of nitrogens with one attached hydrogen (secondary N) is 1. The molecule has 5 rings (SSSR count). The second kappa shape index (κ2) is 5.95. The lowest BCUT2D eigenvalue weighted by atomic mass is 9.75. The average Bonchev–Trinajstić information content (AvgIpc) is 2.68. The fourth-order valence-corrected chi connectivity index (χ4v) is 4.28. The smallest absolute Gasteiger partial charge is 0.342 e. The van der Waals surface area contributed by atoms with Crippen LogP contribution in [0.1, 0.15) is 41.9 Å². The van der Waals surface area contributed by atoms with E-state index < -0.39 is 0 Å². The molecule has 2 aromatic carbocycles. The van der Waals surface area contributed by atoms with Crippen molar-refractivity contribution in [1.82, 2.24) is 0 Å². The van der Waals surface area contributed by atoms with E-state index in [1.165, 1.54) is 0 Å². The Kier molecular flexibility index (Phi) is 3.54. The van der Waals surface area contributed by atoms with E-state index in [1.807, 2.05) is 49.4 Å². The molecule has 134 valence electrons. The van der Waals surface area contributed by atoms with Crippen molar-refractivity contribution < 1.29 is 9.21 Å². The number of para-hydroxylation sites is 1. The van der Waals surface area contributed by atoms with Gasteiger partial charge >= 0.3 is 5.63 Å². The van der Waals surface area contributed by atoms with Crippen LogP contribution in [0.3, 0.4) is 0 Å². The molecule has 27 heavy (non-hydrogen) atoms. The molecule has 0 spiro atoms. The van der Waals surface area contributed by atoms with Crippen LogP contribution in [0.5, 0.6) is 0 Å². The van der Waals surface area contributed by atoms with Crippen molar-refractivity contribution >= 4 is 22.4 Å². The van der Waals surface area contributed by atoms with Gasteiger partial charge in [0.05, 0.1) is 11.3 Å². The summed E-state index contributed by atoms with van der Waals surface area (Å²) in [6.45, 7) is 2.03. The minimum absolute atomic E-state index is 0.118. The summed E-state index contributed by atoms with van der Waals surface area (Å²) in [5, 5.41) is 4.29. The fourth-order valence-electron chi connectivity index (χ4n) is 4.28. The van der Waals surface area contributed by atoms with Gasteiger partial charge in [0.25, 0.3) is 0 Å². The summed E-state index contributed by atoms with van der Waals surface area (Å²) < 4.78 is 5.62. The Labute approximate surface area is 156 Å². The van der Waals surface area contributed by atoms with Gasteiger partial charge in [0, 0.05) is 29.0 Å². The van der Waals surface area contributed by atoms with E-state index in [0.29, 0.717) is 17.6 Å². The van der Waals surface area contributed by atoms with Crippen LogP contribution in [0.4, 0.5) is 5.69 Å². The largest absolute Gasteiger partial charge is 0.422 e. The van der Waals surface area contributed by atoms with Gasteiger partial charge in [0.15, 0.2) is 5.78 Å². The molecule has 0 radical (unpaired) electrons. The minimum Gasteiger partial charge on any atom is -0.422 e. The lowest BCUT2D eigenvalue weighted by Gasteiger charge is -2.33. The van der Waals surface area contributed by atoms with Crippen LogP contribution in [0.15, 0.2) is 69.0 Å². The van der Waals surface area contributed by atoms with Gasteiger partial charge in [-0.25, -0.2) is 4.79 Å². The number of hydrogen-bond acceptors (Lipinski definition) is 4. The van der Waals surface area contributed by atoms with E-state index in [9.17, 15) is 9.59 Å². The molecule has 1 aliphatic heterocycles. The zero-order valence-electron chi connectivity index (χ0n) is 15.0. The van der Waals surface area contributed by atoms with Gasteiger partial charge in [-0.15, -0.1) is 0 Å². The number of ketones is 1. The van der Waals surface area contributed by atoms with Gasteiger partial charge in [-0.2, -0.15) is 0 Å². The molecule has 0 amide bonds. The summed E-state index contributed by atoms with van der Waals surface area (Å²) in [5.74, 6) is -0.266. The molecule has 2 heterocycles. The number of carbonyl (C=O) groups is 1. The van der Waals surface area contributed by atoms with Crippen molar-refractivity contribution in [2.75, 3.05) is 5.32 Å². The van der Waals surface area contributed by atoms with Crippen LogP contribution in [0, 0.1) is 6.92 Å². The first-order chi connectivity index (χ1) is 13.1. The van der Waals surface area contributed by atoms with Crippen molar-refractivity contribution in [3.8, 4) is 0 Å². The summed E-state index contributed by atoms with van der Waals surface area (Å²) >= 11 is 0. The molecule has 1 N–H and O–H groups in total. The highest BCUT2D eigenvalue weighted by molar-refractivity contribution is 6.03. The second-order valence-electron chi connectivity index (χ2n) is 7.31. The molecule has 4 heteroatoms. The first-order valence-electron chi connectivity index (χ1n) is 9.29. The van der Waals surface area contributed by atoms with Crippen molar-refractivity contribution in [3.05, 3.63) is 86.9 Å². The quantitative estimate of drug-likeness (QED) is 0.643. The van der Waals surface area contributed by atoms with Crippen molar-refractivity contribution in [2.45, 2.75) is 32.1 Å². The normalized spacial score (nSPS) is 18.9. The summed E-state index contributed by atoms with van der Waals surface area (Å²) in [7, 11) is 0. The maximum Gasteiger partial charge on any atom is 0.342 e. The second-order valence-corrected chi connectivity index (χ2v) is 7.31. The van der Waals surface area contributed by atoms with Crippen molar-refractivity contribution in [1.29, 1.82) is 0 Å². The molecule has 0 fully saturated rings. The zero-order valence-corrected chi connectivity index (χ0v) is 15.0. The molecular formula is C23H19NO3. The Bertz CT molecular complexity index is 1170. The van der Waals surface area contributed by atoms with E-state index in [4.69, 9.17) is 4.42 Å². The molecule has 4 nitrogen and oxygen atoms in total. The third kappa shape index (κ3) is 2.44. The first-order valence-corrected chi connectivity index (χ1v) is 9.29. The van der Waals surface area contributed by atoms with Crippen molar-refractivity contribution in [2.24, 2.45) is 0 Å². The SMILES string of the molecule is Cc1ccc(C2C3=C(CCCC3=O)Nc3c2c(=O)oc2ccccc32)cc1. The van der Waals surface area contributed by atoms with E-state index >= 15 is 0 Å². The Morgan fingerprint density at radius 3 is 2.59 bits per heavy atom. The molecule has 1 unspecified atom stereocenters. The van der Waals surface area contributed by atoms with E-state index in [2.05, 4.69) is 5.32 Å². The molecule has 1 aromatic heterocycles. The van der Waals surface area contributed by atoms with Gasteiger partial charge in [-0.1, -0.05) is 42.0 Å². The van der Waals surface area contributed by atoms with Crippen LogP contribution >= 0.6 is 0 Å². The van der Waals surface area contributed by atoms with Crippen LogP contribution < -0.4 is 10.9 Å². The number of fused-ring (bicyclic) bond motifs is 3. The molecular weight excluding hydrogens is 338 g/mol. The molecule has 2 aliphatic rings. The highest BCUT2D eigenvalue weighted by Crippen LogP contribution is 2.45. The minimum atomic E-state index is -0.384. The Balaban J connectivity index is 1.85. The molecule has 1 atom stereocenters. The van der Waals surface area contributed by atoms with Crippen LogP contribution in [0.25, 0.3) is 11.0 Å². The third-order valence-electron chi connectivity index (χ3n) is 5.57. The number of rotatable bonds is 1. The van der Waals surface area contributed by atoms with E-state index in [0.717, 1.165) is 46.3 Å². The Morgan fingerprint density at radius 1 is 1.00 bits per heavy atom. The summed E-state index contributed by atoms with van der Waals surface area (Å²) in [6, 6.07) is 15.6. The number of carbonyl (C=O) groups excluding carboxylic acids is 1. The fraction of sp³-hybridized carbons (Fsp3) is 0.217. The lowest BCUT2D eigenvalue weighted by molar-refractivity contribution is -0.116. The number of Topliss-reactive ketones (excluding diaryl/α,β-unsaturated/α-hetero) is 1. The van der Waals surface area contributed by atoms with Crippen LogP contribution in [-0.2, 0) is 4.79 Å². The monoisotopic (exact) mass is 357 g/mol. The third-order valence-corrected chi connectivity index (χ3v) is 5.57. The highest BCUT2D eigenvalue weighted by atomic mass is 16.4. The van der Waals surface area contributed by atoms with E-state index in [1.54, 1.807) is 6.07 Å². The summed E-state index contributed by atoms with van der Waals surface area (Å²) in [5.41, 5.74) is 5.25. The standard InChI is InChI=1S/C23H19NO3/c1-13-9-11-14(12-10-13)19-20-16(6-4-7-17(20)25)24-22-15-5-2-3-8-18(15)27-23(26)21(19)22/h2-3,5,8-12,19,24H,4,6-7H2,1H3. The topological polar surface area (TPSA) is 59.3 Å². The molecule has 1 aliphatic carbocycles. The number of benzene rings is 2. The summed E-state index contributed by atoms with van der Waals surface area (Å²) in [6.07, 6.45) is 2.18. The van der Waals surface area contributed by atoms with Gasteiger partial charge in [0.2, 0.25) is 0 Å². The molecule has 0 bridgehead atoms. The van der Waals surface area contributed by atoms with Crippen LogP contribution in [0.2, 0.25) is 0 Å². The van der Waals surface area contributed by atoms with E-state index in [-0.39, 0.29) is 17.3 Å². The summed E-state index contributed by atoms with van der Waals surface area (Å²) in [4.78, 5) is 25.8. The van der Waals surface area contributed by atoms with Gasteiger partial charge in [0.1, 0.15) is 5.58 Å². The maximum absolute atomic E-state index is 13.0. The number of hydrogen-bond donors (Lipinski definition) is 1. The van der Waals surface area contributed by atoms with Gasteiger partial charge in [-0.3, -0.25) is 4.79 Å². The average molecular weight is 357 g/mol. The number of allylic oxidation sites excluding steroid dienone is 2. The maximum atomic E-state index is 13.0. The number of aryl methyl sites for hydroxylation is 1. The highest BCUT2D eigenvalue weighted by Gasteiger charge is 2.38. The Hall–Kier alpha value is -3.14. The van der Waals surface area contributed by atoms with Crippen LogP contribution in [-0.4, -0.2) is 5.78 Å². The molecule has 0 saturated heterocycles. The zero-order chi connectivity index (χ0) is 18.5. The van der Waals surface area contributed by atoms with Gasteiger partial charge in [-0.05, 0) is 37.5 Å². The lowest BCUT2D eigenvalue weighted by Crippen LogP contribution is -2.30. The predicted molar refractivity (Wildman–Crippen MR) is 105 cm³/mol. The van der Waals surface area contributed by atoms with Gasteiger partial charge < -0.3 is 9.73 Å². The molecule has 0 saturated carbocycles. The predicted octanol–water partition coefficient (Wildman–Crippen LogP) is 4.67. The number of anilines is 1. The molecule has 3 aromatic rings.